The second kappa shape index (κ2) is 6.21. The predicted molar refractivity (Wildman–Crippen MR) is 64.4 cm³/mol. The van der Waals surface area contributed by atoms with Crippen LogP contribution >= 0.6 is 0 Å². The van der Waals surface area contributed by atoms with Gasteiger partial charge in [-0.3, -0.25) is 0 Å². The number of benzene rings is 1. The fourth-order valence-electron chi connectivity index (χ4n) is 1.58. The number of carbonyl (C=O) groups excluding carboxylic acids is 2. The van der Waals surface area contributed by atoms with Crippen molar-refractivity contribution in [1.29, 1.82) is 0 Å². The van der Waals surface area contributed by atoms with Crippen LogP contribution in [0.3, 0.4) is 0 Å². The van der Waals surface area contributed by atoms with Crippen LogP contribution in [0.4, 0.5) is 0 Å². The van der Waals surface area contributed by atoms with E-state index in [1.54, 1.807) is 13.8 Å². The molecular weight excluding hydrogens is 200 g/mol. The van der Waals surface area contributed by atoms with Gasteiger partial charge in [0, 0.05) is 12.8 Å². The Labute approximate surface area is 96.7 Å². The van der Waals surface area contributed by atoms with Crippen molar-refractivity contribution in [3.63, 3.8) is 0 Å². The third-order valence-electron chi connectivity index (χ3n) is 2.52. The summed E-state index contributed by atoms with van der Waals surface area (Å²) in [5.41, 5.74) is 2.35. The van der Waals surface area contributed by atoms with Crippen LogP contribution < -0.4 is 0 Å². The lowest BCUT2D eigenvalue weighted by Gasteiger charge is -2.03. The molecule has 0 N–H and O–H groups in total. The van der Waals surface area contributed by atoms with Crippen molar-refractivity contribution < 1.29 is 9.59 Å². The van der Waals surface area contributed by atoms with Gasteiger partial charge in [0.25, 0.3) is 0 Å². The van der Waals surface area contributed by atoms with E-state index in [-0.39, 0.29) is 11.6 Å². The largest absolute Gasteiger partial charge is 0.300 e. The fourth-order valence-corrected chi connectivity index (χ4v) is 1.58. The molecule has 0 radical (unpaired) electrons. The molecule has 1 aromatic carbocycles. The van der Waals surface area contributed by atoms with E-state index < -0.39 is 0 Å². The summed E-state index contributed by atoms with van der Waals surface area (Å²) < 4.78 is 0. The molecule has 0 aliphatic carbocycles. The number of rotatable bonds is 6. The summed E-state index contributed by atoms with van der Waals surface area (Å²) in [7, 11) is 0. The van der Waals surface area contributed by atoms with Crippen molar-refractivity contribution in [3.05, 3.63) is 35.4 Å². The molecule has 0 spiro atoms. The Morgan fingerprint density at radius 3 is 1.75 bits per heavy atom. The molecule has 0 saturated heterocycles. The lowest BCUT2D eigenvalue weighted by atomic mass is 10.0. The van der Waals surface area contributed by atoms with Gasteiger partial charge in [-0.25, -0.2) is 0 Å². The molecule has 0 aliphatic heterocycles. The van der Waals surface area contributed by atoms with Crippen LogP contribution in [0.5, 0.6) is 0 Å². The molecule has 0 unspecified atom stereocenters. The first kappa shape index (κ1) is 12.6. The normalized spacial score (nSPS) is 10.1. The smallest absolute Gasteiger partial charge is 0.130 e. The Kier molecular flexibility index (Phi) is 4.90. The van der Waals surface area contributed by atoms with Crippen molar-refractivity contribution in [2.75, 3.05) is 0 Å². The van der Waals surface area contributed by atoms with Crippen LogP contribution in [0.1, 0.15) is 37.8 Å². The van der Waals surface area contributed by atoms with Crippen molar-refractivity contribution >= 4 is 11.6 Å². The van der Waals surface area contributed by atoms with Crippen molar-refractivity contribution in [2.24, 2.45) is 0 Å². The molecule has 0 heterocycles. The summed E-state index contributed by atoms with van der Waals surface area (Å²) in [6, 6.07) is 8.14. The zero-order valence-corrected chi connectivity index (χ0v) is 9.95. The van der Waals surface area contributed by atoms with Crippen LogP contribution in [0.15, 0.2) is 24.3 Å². The molecule has 0 amide bonds. The SMILES string of the molecule is CC(=O)CCc1cccc(CCC(C)=O)c1. The van der Waals surface area contributed by atoms with Gasteiger partial charge in [0.15, 0.2) is 0 Å². The minimum atomic E-state index is 0.217. The topological polar surface area (TPSA) is 34.1 Å². The van der Waals surface area contributed by atoms with Gasteiger partial charge in [0.1, 0.15) is 11.6 Å². The van der Waals surface area contributed by atoms with Gasteiger partial charge in [0.2, 0.25) is 0 Å². The van der Waals surface area contributed by atoms with Crippen molar-refractivity contribution in [2.45, 2.75) is 39.5 Å². The Bertz CT molecular complexity index is 347. The molecule has 1 aromatic rings. The molecule has 0 aliphatic rings. The van der Waals surface area contributed by atoms with E-state index >= 15 is 0 Å². The van der Waals surface area contributed by atoms with Crippen LogP contribution in [0, 0.1) is 0 Å². The van der Waals surface area contributed by atoms with Gasteiger partial charge < -0.3 is 9.59 Å². The minimum Gasteiger partial charge on any atom is -0.300 e. The summed E-state index contributed by atoms with van der Waals surface area (Å²) in [6.07, 6.45) is 2.78. The number of Topliss-reactive ketones (excluding diaryl/α,β-unsaturated/α-hetero) is 2. The maximum atomic E-state index is 10.9. The molecule has 1 rings (SSSR count). The predicted octanol–water partition coefficient (Wildman–Crippen LogP) is 2.73. The van der Waals surface area contributed by atoms with Crippen LogP contribution in [0.25, 0.3) is 0 Å². The Morgan fingerprint density at radius 1 is 0.938 bits per heavy atom. The number of carbonyl (C=O) groups is 2. The second-order valence-corrected chi connectivity index (χ2v) is 4.22. The average Bonchev–Trinajstić information content (AvgIpc) is 2.24. The van der Waals surface area contributed by atoms with E-state index in [0.29, 0.717) is 12.8 Å². The van der Waals surface area contributed by atoms with E-state index in [2.05, 4.69) is 6.07 Å². The summed E-state index contributed by atoms with van der Waals surface area (Å²) in [5.74, 6) is 0.434. The van der Waals surface area contributed by atoms with Crippen LogP contribution in [-0.2, 0) is 22.4 Å². The Balaban J connectivity index is 2.56. The first-order valence-electron chi connectivity index (χ1n) is 5.64. The Hall–Kier alpha value is -1.44. The molecule has 0 saturated carbocycles. The van der Waals surface area contributed by atoms with Crippen molar-refractivity contribution in [1.82, 2.24) is 0 Å². The number of aryl methyl sites for hydroxylation is 2. The monoisotopic (exact) mass is 218 g/mol. The molecular formula is C14H18O2. The average molecular weight is 218 g/mol. The van der Waals surface area contributed by atoms with E-state index in [1.165, 1.54) is 11.1 Å². The van der Waals surface area contributed by atoms with Gasteiger partial charge in [0.05, 0.1) is 0 Å². The summed E-state index contributed by atoms with van der Waals surface area (Å²) in [6.45, 7) is 3.22. The van der Waals surface area contributed by atoms with Gasteiger partial charge >= 0.3 is 0 Å². The zero-order valence-electron chi connectivity index (χ0n) is 9.95. The van der Waals surface area contributed by atoms with E-state index in [9.17, 15) is 9.59 Å². The highest BCUT2D eigenvalue weighted by Gasteiger charge is 2.00. The van der Waals surface area contributed by atoms with E-state index in [4.69, 9.17) is 0 Å². The lowest BCUT2D eigenvalue weighted by molar-refractivity contribution is -0.117. The third kappa shape index (κ3) is 4.87. The molecule has 0 fully saturated rings. The Morgan fingerprint density at radius 2 is 1.38 bits per heavy atom. The van der Waals surface area contributed by atoms with Gasteiger partial charge in [-0.1, -0.05) is 24.3 Å². The zero-order chi connectivity index (χ0) is 12.0. The number of hydrogen-bond acceptors (Lipinski definition) is 2. The van der Waals surface area contributed by atoms with E-state index in [1.807, 2.05) is 18.2 Å². The fraction of sp³-hybridized carbons (Fsp3) is 0.429. The van der Waals surface area contributed by atoms with Gasteiger partial charge in [-0.15, -0.1) is 0 Å². The summed E-state index contributed by atoms with van der Waals surface area (Å²) in [5, 5.41) is 0. The highest BCUT2D eigenvalue weighted by Crippen LogP contribution is 2.10. The van der Waals surface area contributed by atoms with Gasteiger partial charge in [-0.2, -0.15) is 0 Å². The molecule has 0 bridgehead atoms. The minimum absolute atomic E-state index is 0.217. The quantitative estimate of drug-likeness (QED) is 0.735. The lowest BCUT2D eigenvalue weighted by Crippen LogP contribution is -1.97. The molecule has 16 heavy (non-hydrogen) atoms. The second-order valence-electron chi connectivity index (χ2n) is 4.22. The first-order chi connectivity index (χ1) is 7.58. The van der Waals surface area contributed by atoms with Crippen molar-refractivity contribution in [3.8, 4) is 0 Å². The maximum absolute atomic E-state index is 10.9. The number of ketones is 2. The number of hydrogen-bond donors (Lipinski definition) is 0. The highest BCUT2D eigenvalue weighted by atomic mass is 16.1. The molecule has 2 heteroatoms. The first-order valence-corrected chi connectivity index (χ1v) is 5.64. The highest BCUT2D eigenvalue weighted by molar-refractivity contribution is 5.76. The molecule has 0 aromatic heterocycles. The molecule has 0 atom stereocenters. The summed E-state index contributed by atoms with van der Waals surface area (Å²) in [4.78, 5) is 21.7. The third-order valence-corrected chi connectivity index (χ3v) is 2.52. The van der Waals surface area contributed by atoms with Gasteiger partial charge in [-0.05, 0) is 37.8 Å². The maximum Gasteiger partial charge on any atom is 0.130 e. The van der Waals surface area contributed by atoms with E-state index in [0.717, 1.165) is 12.8 Å². The standard InChI is InChI=1S/C14H18O2/c1-11(15)6-8-13-4-3-5-14(10-13)9-7-12(2)16/h3-5,10H,6-9H2,1-2H3. The molecule has 86 valence electrons. The van der Waals surface area contributed by atoms with Crippen LogP contribution in [0.2, 0.25) is 0 Å². The summed E-state index contributed by atoms with van der Waals surface area (Å²) >= 11 is 0. The van der Waals surface area contributed by atoms with Crippen LogP contribution in [-0.4, -0.2) is 11.6 Å². The molecule has 2 nitrogen and oxygen atoms in total.